The van der Waals surface area contributed by atoms with Crippen molar-refractivity contribution < 1.29 is 9.53 Å². The van der Waals surface area contributed by atoms with Gasteiger partial charge in [-0.15, -0.1) is 10.2 Å². The number of rotatable bonds is 10. The van der Waals surface area contributed by atoms with E-state index in [1.54, 1.807) is 0 Å². The van der Waals surface area contributed by atoms with Crippen LogP contribution < -0.4 is 10.1 Å². The summed E-state index contributed by atoms with van der Waals surface area (Å²) in [6, 6.07) is 18.2. The summed E-state index contributed by atoms with van der Waals surface area (Å²) in [5.41, 5.74) is 2.41. The average Bonchev–Trinajstić information content (AvgIpc) is 3.14. The third-order valence-corrected chi connectivity index (χ3v) is 5.76. The Hall–Kier alpha value is -2.80. The third-order valence-electron chi connectivity index (χ3n) is 4.68. The Balaban J connectivity index is 1.78. The van der Waals surface area contributed by atoms with Crippen LogP contribution in [0, 0.1) is 0 Å². The molecule has 1 N–H and O–H groups in total. The molecule has 1 amide bonds. The summed E-state index contributed by atoms with van der Waals surface area (Å²) in [5, 5.41) is 12.0. The fraction of sp³-hybridized carbons (Fsp3) is 0.348. The van der Waals surface area contributed by atoms with E-state index in [-0.39, 0.29) is 11.2 Å². The lowest BCUT2D eigenvalue weighted by Gasteiger charge is -2.14. The minimum Gasteiger partial charge on any atom is -0.486 e. The van der Waals surface area contributed by atoms with Gasteiger partial charge >= 0.3 is 0 Å². The number of hydrogen-bond acceptors (Lipinski definition) is 5. The van der Waals surface area contributed by atoms with E-state index < -0.39 is 0 Å². The van der Waals surface area contributed by atoms with Gasteiger partial charge in [0, 0.05) is 6.54 Å². The number of ether oxygens (including phenoxy) is 1. The zero-order valence-corrected chi connectivity index (χ0v) is 18.5. The van der Waals surface area contributed by atoms with Gasteiger partial charge < -0.3 is 10.1 Å². The van der Waals surface area contributed by atoms with Crippen LogP contribution in [0.25, 0.3) is 0 Å². The molecule has 2 aromatic carbocycles. The number of aryl methyl sites for hydroxylation is 1. The van der Waals surface area contributed by atoms with Crippen LogP contribution in [0.3, 0.4) is 0 Å². The summed E-state index contributed by atoms with van der Waals surface area (Å²) < 4.78 is 7.99. The Morgan fingerprint density at radius 1 is 1.07 bits per heavy atom. The van der Waals surface area contributed by atoms with Gasteiger partial charge in [0.05, 0.1) is 11.8 Å². The summed E-state index contributed by atoms with van der Waals surface area (Å²) in [4.78, 5) is 12.2. The van der Waals surface area contributed by atoms with Crippen LogP contribution in [0.2, 0.25) is 0 Å². The first-order valence-corrected chi connectivity index (χ1v) is 11.1. The molecule has 3 rings (SSSR count). The molecule has 1 heterocycles. The van der Waals surface area contributed by atoms with E-state index in [1.807, 2.05) is 48.7 Å². The van der Waals surface area contributed by atoms with Gasteiger partial charge in [-0.05, 0) is 43.5 Å². The fourth-order valence-electron chi connectivity index (χ4n) is 2.94. The van der Waals surface area contributed by atoms with E-state index in [4.69, 9.17) is 4.74 Å². The normalized spacial score (nSPS) is 11.8. The van der Waals surface area contributed by atoms with Crippen molar-refractivity contribution >= 4 is 17.7 Å². The highest BCUT2D eigenvalue weighted by atomic mass is 32.2. The Morgan fingerprint density at radius 3 is 2.47 bits per heavy atom. The number of aromatic nitrogens is 3. The predicted molar refractivity (Wildman–Crippen MR) is 120 cm³/mol. The lowest BCUT2D eigenvalue weighted by atomic mass is 10.2. The number of nitrogens with zero attached hydrogens (tertiary/aromatic N) is 3. The summed E-state index contributed by atoms with van der Waals surface area (Å²) in [5.74, 6) is 1.51. The summed E-state index contributed by atoms with van der Waals surface area (Å²) in [7, 11) is 0. The first-order valence-electron chi connectivity index (χ1n) is 10.2. The highest BCUT2D eigenvalue weighted by Crippen LogP contribution is 2.24. The van der Waals surface area contributed by atoms with Crippen molar-refractivity contribution in [1.82, 2.24) is 20.1 Å². The quantitative estimate of drug-likeness (QED) is 0.497. The number of thioether (sulfide) groups is 1. The first kappa shape index (κ1) is 21.9. The van der Waals surface area contributed by atoms with Gasteiger partial charge in [-0.25, -0.2) is 0 Å². The molecule has 7 heteroatoms. The minimum atomic E-state index is -0.265. The Morgan fingerprint density at radius 2 is 1.80 bits per heavy atom. The van der Waals surface area contributed by atoms with Crippen molar-refractivity contribution in [3.05, 3.63) is 71.5 Å². The lowest BCUT2D eigenvalue weighted by molar-refractivity contribution is -0.120. The molecule has 0 aliphatic carbocycles. The van der Waals surface area contributed by atoms with Gasteiger partial charge in [-0.3, -0.25) is 9.36 Å². The van der Waals surface area contributed by atoms with Gasteiger partial charge in [-0.2, -0.15) is 0 Å². The molecule has 1 aromatic heterocycles. The standard InChI is InChI=1S/C23H28N4O2S/c1-4-18-11-13-20(14-12-18)29-16-21-25-26-23(30-17(3)22(28)24-5-2)27(21)15-19-9-7-6-8-10-19/h6-14,17H,4-5,15-16H2,1-3H3,(H,24,28)/t17-/m1/s1. The Bertz CT molecular complexity index is 942. The highest BCUT2D eigenvalue weighted by molar-refractivity contribution is 8.00. The maximum absolute atomic E-state index is 12.2. The predicted octanol–water partition coefficient (Wildman–Crippen LogP) is 4.08. The molecule has 0 unspecified atom stereocenters. The lowest BCUT2D eigenvalue weighted by Crippen LogP contribution is -2.30. The number of carbonyl (C=O) groups excluding carboxylic acids is 1. The van der Waals surface area contributed by atoms with Crippen LogP contribution >= 0.6 is 11.8 Å². The SMILES string of the molecule is CCNC(=O)[C@@H](C)Sc1nnc(COc2ccc(CC)cc2)n1Cc1ccccc1. The number of amides is 1. The average molecular weight is 425 g/mol. The second-order valence-electron chi connectivity index (χ2n) is 6.91. The Labute approximate surface area is 182 Å². The second-order valence-corrected chi connectivity index (χ2v) is 8.22. The summed E-state index contributed by atoms with van der Waals surface area (Å²) in [6.07, 6.45) is 0.996. The van der Waals surface area contributed by atoms with Crippen LogP contribution in [0.5, 0.6) is 5.75 Å². The molecule has 0 spiro atoms. The van der Waals surface area contributed by atoms with Crippen molar-refractivity contribution in [2.24, 2.45) is 0 Å². The van der Waals surface area contributed by atoms with E-state index in [1.165, 1.54) is 17.3 Å². The zero-order chi connectivity index (χ0) is 21.3. The molecule has 0 fully saturated rings. The smallest absolute Gasteiger partial charge is 0.233 e. The molecular formula is C23H28N4O2S. The molecule has 1 atom stereocenters. The number of carbonyl (C=O) groups is 1. The minimum absolute atomic E-state index is 0.00873. The molecule has 6 nitrogen and oxygen atoms in total. The molecule has 0 bridgehead atoms. The molecule has 3 aromatic rings. The van der Waals surface area contributed by atoms with Gasteiger partial charge in [-0.1, -0.05) is 61.2 Å². The maximum Gasteiger partial charge on any atom is 0.233 e. The van der Waals surface area contributed by atoms with Gasteiger partial charge in [0.1, 0.15) is 12.4 Å². The largest absolute Gasteiger partial charge is 0.486 e. The van der Waals surface area contributed by atoms with Gasteiger partial charge in [0.15, 0.2) is 11.0 Å². The van der Waals surface area contributed by atoms with Crippen molar-refractivity contribution in [1.29, 1.82) is 0 Å². The first-order chi connectivity index (χ1) is 14.6. The second kappa shape index (κ2) is 10.8. The van der Waals surface area contributed by atoms with Gasteiger partial charge in [0.2, 0.25) is 5.91 Å². The molecular weight excluding hydrogens is 396 g/mol. The van der Waals surface area contributed by atoms with Crippen molar-refractivity contribution in [3.63, 3.8) is 0 Å². The monoisotopic (exact) mass is 424 g/mol. The van der Waals surface area contributed by atoms with Gasteiger partial charge in [0.25, 0.3) is 0 Å². The topological polar surface area (TPSA) is 69.0 Å². The summed E-state index contributed by atoms with van der Waals surface area (Å²) in [6.45, 7) is 7.45. The molecule has 158 valence electrons. The van der Waals surface area contributed by atoms with Crippen LogP contribution in [0.4, 0.5) is 0 Å². The van der Waals surface area contributed by atoms with Crippen LogP contribution in [-0.4, -0.2) is 32.5 Å². The van der Waals surface area contributed by atoms with Crippen LogP contribution in [0.1, 0.15) is 37.7 Å². The van der Waals surface area contributed by atoms with E-state index in [9.17, 15) is 4.79 Å². The van der Waals surface area contributed by atoms with E-state index >= 15 is 0 Å². The molecule has 0 aliphatic heterocycles. The molecule has 30 heavy (non-hydrogen) atoms. The van der Waals surface area contributed by atoms with E-state index in [0.29, 0.717) is 24.9 Å². The van der Waals surface area contributed by atoms with E-state index in [0.717, 1.165) is 23.6 Å². The van der Waals surface area contributed by atoms with Crippen molar-refractivity contribution in [2.75, 3.05) is 6.54 Å². The van der Waals surface area contributed by atoms with Crippen molar-refractivity contribution in [3.8, 4) is 5.75 Å². The highest BCUT2D eigenvalue weighted by Gasteiger charge is 2.20. The summed E-state index contributed by atoms with van der Waals surface area (Å²) >= 11 is 1.41. The molecule has 0 aliphatic rings. The zero-order valence-electron chi connectivity index (χ0n) is 17.7. The van der Waals surface area contributed by atoms with Crippen LogP contribution in [-0.2, 0) is 24.4 Å². The van der Waals surface area contributed by atoms with E-state index in [2.05, 4.69) is 46.7 Å². The maximum atomic E-state index is 12.2. The van der Waals surface area contributed by atoms with Crippen molar-refractivity contribution in [2.45, 2.75) is 50.8 Å². The fourth-order valence-corrected chi connectivity index (χ4v) is 3.83. The number of hydrogen-bond donors (Lipinski definition) is 1. The Kier molecular flexibility index (Phi) is 7.90. The third kappa shape index (κ3) is 5.86. The van der Waals surface area contributed by atoms with Crippen LogP contribution in [0.15, 0.2) is 59.8 Å². The number of nitrogens with one attached hydrogen (secondary N) is 1. The molecule has 0 saturated carbocycles. The molecule has 0 saturated heterocycles. The molecule has 0 radical (unpaired) electrons. The number of benzene rings is 2.